The summed E-state index contributed by atoms with van der Waals surface area (Å²) in [5.41, 5.74) is 12.5. The summed E-state index contributed by atoms with van der Waals surface area (Å²) in [5.74, 6) is 4.58. The average Bonchev–Trinajstić information content (AvgIpc) is 2.13. The third-order valence-electron chi connectivity index (χ3n) is 5.57. The number of hydrogen-bond donors (Lipinski definition) is 2. The van der Waals surface area contributed by atoms with Gasteiger partial charge in [-0.3, -0.25) is 0 Å². The van der Waals surface area contributed by atoms with Crippen molar-refractivity contribution in [2.75, 3.05) is 0 Å². The van der Waals surface area contributed by atoms with Crippen LogP contribution in [0.2, 0.25) is 0 Å². The molecule has 1 atom stereocenters. The van der Waals surface area contributed by atoms with E-state index in [2.05, 4.69) is 13.8 Å². The molecule has 0 aromatic carbocycles. The van der Waals surface area contributed by atoms with Gasteiger partial charge in [-0.15, -0.1) is 0 Å². The maximum atomic E-state index is 6.45. The lowest BCUT2D eigenvalue weighted by Gasteiger charge is -2.57. The first-order valence-electron chi connectivity index (χ1n) is 6.99. The monoisotopic (exact) mass is 222 g/mol. The van der Waals surface area contributed by atoms with Crippen LogP contribution in [0.15, 0.2) is 0 Å². The highest BCUT2D eigenvalue weighted by atomic mass is 14.9. The number of hydrogen-bond acceptors (Lipinski definition) is 2. The summed E-state index contributed by atoms with van der Waals surface area (Å²) in [6.07, 6.45) is 7.30. The molecule has 2 nitrogen and oxygen atoms in total. The van der Waals surface area contributed by atoms with Gasteiger partial charge < -0.3 is 11.5 Å². The van der Waals surface area contributed by atoms with Gasteiger partial charge in [-0.2, -0.15) is 0 Å². The van der Waals surface area contributed by atoms with E-state index in [9.17, 15) is 0 Å². The fourth-order valence-electron chi connectivity index (χ4n) is 5.05. The molecule has 4 saturated carbocycles. The van der Waals surface area contributed by atoms with E-state index in [1.54, 1.807) is 0 Å². The second-order valence-corrected chi connectivity index (χ2v) is 7.36. The van der Waals surface area contributed by atoms with Gasteiger partial charge in [0.05, 0.1) is 0 Å². The zero-order valence-corrected chi connectivity index (χ0v) is 10.7. The molecule has 0 heterocycles. The van der Waals surface area contributed by atoms with Gasteiger partial charge in [0.2, 0.25) is 0 Å². The van der Waals surface area contributed by atoms with Crippen LogP contribution < -0.4 is 11.5 Å². The Morgan fingerprint density at radius 3 is 1.75 bits per heavy atom. The zero-order chi connectivity index (χ0) is 11.5. The van der Waals surface area contributed by atoms with Gasteiger partial charge in [-0.1, -0.05) is 0 Å². The standard InChI is InChI=1S/C14H26N2/c1-14(2,16)13(15)12-10-4-8-3-9(6-10)7-11(12)5-8/h8-13H,3-7,15-16H2,1-2H3. The van der Waals surface area contributed by atoms with Crippen molar-refractivity contribution in [1.82, 2.24) is 0 Å². The lowest BCUT2D eigenvalue weighted by molar-refractivity contribution is -0.0546. The predicted octanol–water partition coefficient (Wildman–Crippen LogP) is 2.12. The summed E-state index contributed by atoms with van der Waals surface area (Å²) >= 11 is 0. The third kappa shape index (κ3) is 1.62. The average molecular weight is 222 g/mol. The van der Waals surface area contributed by atoms with Crippen LogP contribution in [0, 0.1) is 29.6 Å². The van der Waals surface area contributed by atoms with Crippen LogP contribution >= 0.6 is 0 Å². The SMILES string of the molecule is CC(C)(N)C(N)C1C2CC3CC(C2)CC1C3. The molecular formula is C14H26N2. The van der Waals surface area contributed by atoms with Crippen LogP contribution in [-0.4, -0.2) is 11.6 Å². The Morgan fingerprint density at radius 2 is 1.38 bits per heavy atom. The van der Waals surface area contributed by atoms with Crippen LogP contribution in [0.25, 0.3) is 0 Å². The van der Waals surface area contributed by atoms with Crippen molar-refractivity contribution in [2.24, 2.45) is 41.1 Å². The number of nitrogens with two attached hydrogens (primary N) is 2. The minimum Gasteiger partial charge on any atom is -0.326 e. The second-order valence-electron chi connectivity index (χ2n) is 7.36. The fourth-order valence-corrected chi connectivity index (χ4v) is 5.05. The molecule has 0 spiro atoms. The Labute approximate surface area is 99.1 Å². The van der Waals surface area contributed by atoms with Gasteiger partial charge in [-0.05, 0) is 75.5 Å². The Morgan fingerprint density at radius 1 is 0.938 bits per heavy atom. The van der Waals surface area contributed by atoms with E-state index in [1.807, 2.05) is 0 Å². The topological polar surface area (TPSA) is 52.0 Å². The highest BCUT2D eigenvalue weighted by Crippen LogP contribution is 2.57. The molecule has 0 radical (unpaired) electrons. The van der Waals surface area contributed by atoms with Crippen LogP contribution in [0.5, 0.6) is 0 Å². The molecule has 1 unspecified atom stereocenters. The van der Waals surface area contributed by atoms with Crippen LogP contribution in [-0.2, 0) is 0 Å². The Balaban J connectivity index is 1.81. The molecule has 4 aliphatic carbocycles. The lowest BCUT2D eigenvalue weighted by Crippen LogP contribution is -2.61. The summed E-state index contributed by atoms with van der Waals surface area (Å²) in [6, 6.07) is 0.197. The van der Waals surface area contributed by atoms with Crippen molar-refractivity contribution in [2.45, 2.75) is 57.5 Å². The van der Waals surface area contributed by atoms with Gasteiger partial charge >= 0.3 is 0 Å². The largest absolute Gasteiger partial charge is 0.326 e. The van der Waals surface area contributed by atoms with Crippen LogP contribution in [0.4, 0.5) is 0 Å². The molecule has 0 aliphatic heterocycles. The molecule has 4 fully saturated rings. The van der Waals surface area contributed by atoms with Gasteiger partial charge in [-0.25, -0.2) is 0 Å². The quantitative estimate of drug-likeness (QED) is 0.752. The Bertz CT molecular complexity index is 251. The van der Waals surface area contributed by atoms with E-state index >= 15 is 0 Å². The van der Waals surface area contributed by atoms with E-state index < -0.39 is 0 Å². The van der Waals surface area contributed by atoms with E-state index in [4.69, 9.17) is 11.5 Å². The summed E-state index contributed by atoms with van der Waals surface area (Å²) < 4.78 is 0. The molecule has 0 aromatic heterocycles. The normalized spacial score (nSPS) is 48.4. The second kappa shape index (κ2) is 3.46. The first-order valence-corrected chi connectivity index (χ1v) is 6.99. The molecule has 4 rings (SSSR count). The van der Waals surface area contributed by atoms with Gasteiger partial charge in [0.1, 0.15) is 0 Å². The van der Waals surface area contributed by atoms with Crippen LogP contribution in [0.1, 0.15) is 46.0 Å². The molecular weight excluding hydrogens is 196 g/mol. The molecule has 0 amide bonds. The number of rotatable bonds is 2. The maximum absolute atomic E-state index is 6.45. The van der Waals surface area contributed by atoms with E-state index in [0.29, 0.717) is 5.92 Å². The third-order valence-corrected chi connectivity index (χ3v) is 5.57. The molecule has 0 aromatic rings. The first kappa shape index (κ1) is 11.0. The van der Waals surface area contributed by atoms with Gasteiger partial charge in [0, 0.05) is 11.6 Å². The molecule has 4 aliphatic rings. The molecule has 16 heavy (non-hydrogen) atoms. The Kier molecular flexibility index (Phi) is 2.38. The first-order chi connectivity index (χ1) is 7.45. The molecule has 0 saturated heterocycles. The highest BCUT2D eigenvalue weighted by Gasteiger charge is 2.51. The van der Waals surface area contributed by atoms with Crippen molar-refractivity contribution >= 4 is 0 Å². The summed E-state index contributed by atoms with van der Waals surface area (Å²) in [7, 11) is 0. The van der Waals surface area contributed by atoms with Crippen molar-refractivity contribution in [1.29, 1.82) is 0 Å². The van der Waals surface area contributed by atoms with Crippen molar-refractivity contribution in [3.8, 4) is 0 Å². The molecule has 2 heteroatoms. The highest BCUT2D eigenvalue weighted by molar-refractivity contribution is 5.04. The summed E-state index contributed by atoms with van der Waals surface area (Å²) in [4.78, 5) is 0. The molecule has 4 N–H and O–H groups in total. The van der Waals surface area contributed by atoms with Crippen molar-refractivity contribution in [3.63, 3.8) is 0 Å². The summed E-state index contributed by atoms with van der Waals surface area (Å²) in [5, 5.41) is 0. The molecule has 92 valence electrons. The fraction of sp³-hybridized carbons (Fsp3) is 1.00. The van der Waals surface area contributed by atoms with E-state index in [1.165, 1.54) is 32.1 Å². The van der Waals surface area contributed by atoms with E-state index in [0.717, 1.165) is 23.7 Å². The smallest absolute Gasteiger partial charge is 0.0253 e. The summed E-state index contributed by atoms with van der Waals surface area (Å²) in [6.45, 7) is 4.20. The van der Waals surface area contributed by atoms with E-state index in [-0.39, 0.29) is 11.6 Å². The van der Waals surface area contributed by atoms with Crippen molar-refractivity contribution < 1.29 is 0 Å². The minimum absolute atomic E-state index is 0.197. The van der Waals surface area contributed by atoms with Crippen molar-refractivity contribution in [3.05, 3.63) is 0 Å². The van der Waals surface area contributed by atoms with Gasteiger partial charge in [0.15, 0.2) is 0 Å². The Hall–Kier alpha value is -0.0800. The zero-order valence-electron chi connectivity index (χ0n) is 10.7. The predicted molar refractivity (Wildman–Crippen MR) is 66.8 cm³/mol. The minimum atomic E-state index is -0.208. The van der Waals surface area contributed by atoms with Crippen LogP contribution in [0.3, 0.4) is 0 Å². The molecule has 4 bridgehead atoms. The lowest BCUT2D eigenvalue weighted by atomic mass is 9.49. The van der Waals surface area contributed by atoms with Gasteiger partial charge in [0.25, 0.3) is 0 Å². The maximum Gasteiger partial charge on any atom is 0.0253 e.